The predicted molar refractivity (Wildman–Crippen MR) is 77.3 cm³/mol. The molecule has 20 heavy (non-hydrogen) atoms. The molecule has 0 fully saturated rings. The Morgan fingerprint density at radius 1 is 1.20 bits per heavy atom. The van der Waals surface area contributed by atoms with Gasteiger partial charge in [-0.05, 0) is 30.7 Å². The molecule has 0 aliphatic heterocycles. The first-order valence-electron chi connectivity index (χ1n) is 6.04. The van der Waals surface area contributed by atoms with E-state index < -0.39 is 10.0 Å². The topological polar surface area (TPSA) is 98.0 Å². The Labute approximate surface area is 118 Å². The van der Waals surface area contributed by atoms with Crippen molar-refractivity contribution in [1.29, 1.82) is 0 Å². The first-order chi connectivity index (χ1) is 9.42. The van der Waals surface area contributed by atoms with Crippen LogP contribution < -0.4 is 10.5 Å². The summed E-state index contributed by atoms with van der Waals surface area (Å²) in [5.74, 6) is 0.575. The van der Waals surface area contributed by atoms with E-state index in [0.29, 0.717) is 12.1 Å². The third-order valence-corrected chi connectivity index (χ3v) is 3.36. The highest BCUT2D eigenvalue weighted by Gasteiger charge is 2.04. The van der Waals surface area contributed by atoms with Gasteiger partial charge in [-0.15, -0.1) is 0 Å². The van der Waals surface area contributed by atoms with Gasteiger partial charge in [-0.1, -0.05) is 12.1 Å². The largest absolute Gasteiger partial charge is 0.379 e. The molecule has 0 aliphatic carbocycles. The zero-order valence-corrected chi connectivity index (χ0v) is 11.9. The second kappa shape index (κ2) is 5.98. The number of primary sulfonamides is 1. The molecule has 0 unspecified atom stereocenters. The third-order valence-electron chi connectivity index (χ3n) is 2.63. The van der Waals surface area contributed by atoms with E-state index in [1.165, 1.54) is 0 Å². The second-order valence-corrected chi connectivity index (χ2v) is 6.07. The van der Waals surface area contributed by atoms with Crippen molar-refractivity contribution in [1.82, 2.24) is 9.97 Å². The van der Waals surface area contributed by atoms with Gasteiger partial charge in [0, 0.05) is 11.9 Å². The van der Waals surface area contributed by atoms with Crippen LogP contribution in [0, 0.1) is 6.92 Å². The fourth-order valence-corrected chi connectivity index (χ4v) is 2.40. The lowest BCUT2D eigenvalue weighted by Crippen LogP contribution is -2.14. The Kier molecular flexibility index (Phi) is 4.31. The minimum atomic E-state index is -3.49. The molecule has 106 valence electrons. The van der Waals surface area contributed by atoms with Crippen LogP contribution in [0.3, 0.4) is 0 Å². The number of aromatic nitrogens is 2. The number of nitrogens with zero attached hydrogens (tertiary/aromatic N) is 2. The lowest BCUT2D eigenvalue weighted by atomic mass is 10.2. The molecule has 6 nitrogen and oxygen atoms in total. The minimum absolute atomic E-state index is 0.154. The molecule has 1 aromatic carbocycles. The van der Waals surface area contributed by atoms with E-state index in [1.54, 1.807) is 18.3 Å². The summed E-state index contributed by atoms with van der Waals surface area (Å²) in [4.78, 5) is 8.32. The summed E-state index contributed by atoms with van der Waals surface area (Å²) in [6.45, 7) is 2.42. The van der Waals surface area contributed by atoms with E-state index in [2.05, 4.69) is 15.3 Å². The molecule has 0 saturated heterocycles. The van der Waals surface area contributed by atoms with Crippen LogP contribution in [0.15, 0.2) is 36.5 Å². The summed E-state index contributed by atoms with van der Waals surface area (Å²) in [5, 5.41) is 8.20. The average molecular weight is 292 g/mol. The van der Waals surface area contributed by atoms with E-state index in [4.69, 9.17) is 5.14 Å². The van der Waals surface area contributed by atoms with Gasteiger partial charge in [0.2, 0.25) is 10.0 Å². The monoisotopic (exact) mass is 292 g/mol. The Hall–Kier alpha value is -1.99. The molecule has 0 atom stereocenters. The molecule has 0 aliphatic rings. The van der Waals surface area contributed by atoms with Crippen LogP contribution in [0.2, 0.25) is 0 Å². The van der Waals surface area contributed by atoms with Crippen molar-refractivity contribution in [3.8, 4) is 0 Å². The van der Waals surface area contributed by atoms with Crippen LogP contribution in [0.4, 0.5) is 5.69 Å². The Morgan fingerprint density at radius 3 is 2.50 bits per heavy atom. The second-order valence-electron chi connectivity index (χ2n) is 4.45. The van der Waals surface area contributed by atoms with Gasteiger partial charge >= 0.3 is 0 Å². The molecule has 0 amide bonds. The maximum Gasteiger partial charge on any atom is 0.213 e. The standard InChI is InChI=1S/C13H16N4O2S/c1-10-15-7-6-13(17-10)8-16-12-4-2-11(3-5-12)9-20(14,18)19/h2-7,16H,8-9H2,1H3,(H2,14,18,19). The van der Waals surface area contributed by atoms with Crippen LogP contribution in [0.5, 0.6) is 0 Å². The SMILES string of the molecule is Cc1nccc(CNc2ccc(CS(N)(=O)=O)cc2)n1. The molecule has 2 aromatic rings. The number of sulfonamides is 1. The number of nitrogens with two attached hydrogens (primary N) is 1. The van der Waals surface area contributed by atoms with Crippen LogP contribution in [0.1, 0.15) is 17.1 Å². The predicted octanol–water partition coefficient (Wildman–Crippen LogP) is 1.19. The Bertz CT molecular complexity index is 684. The lowest BCUT2D eigenvalue weighted by Gasteiger charge is -2.07. The summed E-state index contributed by atoms with van der Waals surface area (Å²) in [6.07, 6.45) is 1.72. The maximum atomic E-state index is 11.0. The van der Waals surface area contributed by atoms with Gasteiger partial charge in [0.1, 0.15) is 5.82 Å². The van der Waals surface area contributed by atoms with Crippen LogP contribution in [-0.2, 0) is 22.3 Å². The van der Waals surface area contributed by atoms with E-state index >= 15 is 0 Å². The maximum absolute atomic E-state index is 11.0. The summed E-state index contributed by atoms with van der Waals surface area (Å²) in [7, 11) is -3.49. The zero-order chi connectivity index (χ0) is 14.6. The molecule has 0 radical (unpaired) electrons. The van der Waals surface area contributed by atoms with Crippen molar-refractivity contribution in [3.05, 3.63) is 53.6 Å². The van der Waals surface area contributed by atoms with E-state index in [1.807, 2.05) is 25.1 Å². The average Bonchev–Trinajstić information content (AvgIpc) is 2.36. The zero-order valence-electron chi connectivity index (χ0n) is 11.1. The molecule has 3 N–H and O–H groups in total. The molecule has 7 heteroatoms. The van der Waals surface area contributed by atoms with Gasteiger partial charge in [-0.2, -0.15) is 0 Å². The Morgan fingerprint density at radius 2 is 1.90 bits per heavy atom. The molecule has 2 rings (SSSR count). The molecular weight excluding hydrogens is 276 g/mol. The number of benzene rings is 1. The smallest absolute Gasteiger partial charge is 0.213 e. The fourth-order valence-electron chi connectivity index (χ4n) is 1.75. The van der Waals surface area contributed by atoms with Gasteiger partial charge in [0.05, 0.1) is 18.0 Å². The number of aryl methyl sites for hydroxylation is 1. The van der Waals surface area contributed by atoms with Crippen molar-refractivity contribution in [2.24, 2.45) is 5.14 Å². The van der Waals surface area contributed by atoms with Crippen molar-refractivity contribution in [3.63, 3.8) is 0 Å². The van der Waals surface area contributed by atoms with Crippen LogP contribution >= 0.6 is 0 Å². The Balaban J connectivity index is 1.97. The number of hydrogen-bond donors (Lipinski definition) is 2. The highest BCUT2D eigenvalue weighted by Crippen LogP contribution is 2.12. The molecule has 0 bridgehead atoms. The number of nitrogens with one attached hydrogen (secondary N) is 1. The number of hydrogen-bond acceptors (Lipinski definition) is 5. The molecular formula is C13H16N4O2S. The lowest BCUT2D eigenvalue weighted by molar-refractivity contribution is 0.597. The third kappa shape index (κ3) is 4.60. The molecule has 1 heterocycles. The van der Waals surface area contributed by atoms with Gasteiger partial charge in [-0.25, -0.2) is 23.5 Å². The van der Waals surface area contributed by atoms with Crippen molar-refractivity contribution < 1.29 is 8.42 Å². The van der Waals surface area contributed by atoms with Gasteiger partial charge in [-0.3, -0.25) is 0 Å². The first kappa shape index (κ1) is 14.4. The normalized spacial score (nSPS) is 11.3. The summed E-state index contributed by atoms with van der Waals surface area (Å²) in [5.41, 5.74) is 2.45. The highest BCUT2D eigenvalue weighted by atomic mass is 32.2. The van der Waals surface area contributed by atoms with Crippen molar-refractivity contribution in [2.75, 3.05) is 5.32 Å². The van der Waals surface area contributed by atoms with Crippen molar-refractivity contribution >= 4 is 15.7 Å². The summed E-state index contributed by atoms with van der Waals surface area (Å²) < 4.78 is 22.0. The summed E-state index contributed by atoms with van der Waals surface area (Å²) >= 11 is 0. The van der Waals surface area contributed by atoms with Crippen LogP contribution in [0.25, 0.3) is 0 Å². The van der Waals surface area contributed by atoms with Crippen LogP contribution in [-0.4, -0.2) is 18.4 Å². The molecule has 0 spiro atoms. The van der Waals surface area contributed by atoms with Gasteiger partial charge < -0.3 is 5.32 Å². The van der Waals surface area contributed by atoms with Gasteiger partial charge in [0.15, 0.2) is 0 Å². The number of rotatable bonds is 5. The quantitative estimate of drug-likeness (QED) is 0.862. The highest BCUT2D eigenvalue weighted by molar-refractivity contribution is 7.88. The van der Waals surface area contributed by atoms with E-state index in [-0.39, 0.29) is 5.75 Å². The minimum Gasteiger partial charge on any atom is -0.379 e. The molecule has 1 aromatic heterocycles. The van der Waals surface area contributed by atoms with Gasteiger partial charge in [0.25, 0.3) is 0 Å². The molecule has 0 saturated carbocycles. The van der Waals surface area contributed by atoms with E-state index in [0.717, 1.165) is 17.2 Å². The van der Waals surface area contributed by atoms with E-state index in [9.17, 15) is 8.42 Å². The first-order valence-corrected chi connectivity index (χ1v) is 7.76. The fraction of sp³-hybridized carbons (Fsp3) is 0.231. The summed E-state index contributed by atoms with van der Waals surface area (Å²) in [6, 6.07) is 8.94. The van der Waals surface area contributed by atoms with Crippen molar-refractivity contribution in [2.45, 2.75) is 19.2 Å². The number of anilines is 1.